The molecule has 0 rings (SSSR count). The third-order valence-corrected chi connectivity index (χ3v) is 13.4. The summed E-state index contributed by atoms with van der Waals surface area (Å²) < 4.78 is 67.0. The van der Waals surface area contributed by atoms with Crippen LogP contribution in [0.25, 0.3) is 0 Å². The molecule has 0 fully saturated rings. The molecule has 0 saturated heterocycles. The van der Waals surface area contributed by atoms with Gasteiger partial charge >= 0.3 is 39.5 Å². The Bertz CT molecular complexity index is 1400. The van der Waals surface area contributed by atoms with Gasteiger partial charge in [-0.2, -0.15) is 0 Å². The van der Waals surface area contributed by atoms with E-state index in [1.165, 1.54) is 51.4 Å². The number of unbranched alkanes of at least 4 members (excludes halogenated alkanes) is 23. The molecule has 0 radical (unpaired) electrons. The van der Waals surface area contributed by atoms with Crippen LogP contribution in [0, 0.1) is 5.92 Å². The molecule has 0 aromatic rings. The van der Waals surface area contributed by atoms with Crippen molar-refractivity contribution in [3.8, 4) is 0 Å². The molecule has 0 amide bonds. The molecular weight excluding hydrogens is 946 g/mol. The molecule has 0 saturated carbocycles. The fourth-order valence-electron chi connectivity index (χ4n) is 7.28. The Labute approximate surface area is 422 Å². The highest BCUT2D eigenvalue weighted by Gasteiger charge is 2.30. The zero-order chi connectivity index (χ0) is 52.1. The van der Waals surface area contributed by atoms with Crippen LogP contribution in [0.4, 0.5) is 0 Å². The molecule has 70 heavy (non-hydrogen) atoms. The van der Waals surface area contributed by atoms with Crippen LogP contribution < -0.4 is 0 Å². The Morgan fingerprint density at radius 3 is 0.971 bits per heavy atom. The summed E-state index contributed by atoms with van der Waals surface area (Å²) in [7, 11) is -9.84. The number of ether oxygens (including phenoxy) is 4. The summed E-state index contributed by atoms with van der Waals surface area (Å²) >= 11 is 0. The smallest absolute Gasteiger partial charge is 0.462 e. The van der Waals surface area contributed by atoms with E-state index in [-0.39, 0.29) is 25.7 Å². The minimum Gasteiger partial charge on any atom is -0.462 e. The second kappa shape index (κ2) is 45.7. The van der Waals surface area contributed by atoms with E-state index in [1.807, 2.05) is 0 Å². The van der Waals surface area contributed by atoms with Crippen molar-refractivity contribution < 1.29 is 80.2 Å². The summed E-state index contributed by atoms with van der Waals surface area (Å²) in [5, 5.41) is 10.4. The van der Waals surface area contributed by atoms with Gasteiger partial charge in [0.2, 0.25) is 0 Å². The van der Waals surface area contributed by atoms with Crippen molar-refractivity contribution in [2.24, 2.45) is 5.92 Å². The number of hydrogen-bond acceptors (Lipinski definition) is 15. The maximum absolute atomic E-state index is 12.8. The summed E-state index contributed by atoms with van der Waals surface area (Å²) in [6, 6.07) is 0. The van der Waals surface area contributed by atoms with E-state index >= 15 is 0 Å². The first kappa shape index (κ1) is 68.1. The van der Waals surface area contributed by atoms with Crippen molar-refractivity contribution in [1.29, 1.82) is 0 Å². The lowest BCUT2D eigenvalue weighted by atomic mass is 10.0. The van der Waals surface area contributed by atoms with Gasteiger partial charge in [-0.3, -0.25) is 37.3 Å². The summed E-state index contributed by atoms with van der Waals surface area (Å²) in [6.07, 6.45) is 24.8. The first-order valence-corrected chi connectivity index (χ1v) is 30.1. The zero-order valence-electron chi connectivity index (χ0n) is 44.1. The molecule has 0 aliphatic heterocycles. The van der Waals surface area contributed by atoms with Crippen LogP contribution >= 0.6 is 15.6 Å². The number of esters is 4. The van der Waals surface area contributed by atoms with Crippen LogP contribution in [-0.4, -0.2) is 96.7 Å². The number of carbonyl (C=O) groups is 4. The third-order valence-electron chi connectivity index (χ3n) is 11.5. The van der Waals surface area contributed by atoms with Gasteiger partial charge in [0.1, 0.15) is 19.3 Å². The Morgan fingerprint density at radius 2 is 0.657 bits per heavy atom. The topological polar surface area (TPSA) is 237 Å². The van der Waals surface area contributed by atoms with Crippen LogP contribution in [0.5, 0.6) is 0 Å². The Kier molecular flexibility index (Phi) is 44.4. The van der Waals surface area contributed by atoms with Crippen molar-refractivity contribution in [2.45, 2.75) is 258 Å². The number of phosphoric acid groups is 2. The quantitative estimate of drug-likeness (QED) is 0.0222. The molecule has 0 aromatic heterocycles. The summed E-state index contributed by atoms with van der Waals surface area (Å²) in [6.45, 7) is 6.82. The van der Waals surface area contributed by atoms with Crippen LogP contribution in [0.2, 0.25) is 0 Å². The van der Waals surface area contributed by atoms with E-state index in [9.17, 15) is 43.2 Å². The van der Waals surface area contributed by atoms with Gasteiger partial charge in [-0.1, -0.05) is 189 Å². The highest BCUT2D eigenvalue weighted by Crippen LogP contribution is 2.45. The monoisotopic (exact) mass is 1040 g/mol. The number of aliphatic hydroxyl groups excluding tert-OH is 1. The third kappa shape index (κ3) is 45.9. The van der Waals surface area contributed by atoms with Gasteiger partial charge in [0, 0.05) is 25.7 Å². The SMILES string of the molecule is CCCCCCCCCCCCCC(=O)O[C@H](COC(=O)CCCCCCCCC(C)C)COP(=O)(O)OC[C@@H](O)COP(=O)(O)OC[C@@H](COC(=O)CCCCCCC)OC(=O)CCCCCCC. The van der Waals surface area contributed by atoms with Gasteiger partial charge in [-0.15, -0.1) is 0 Å². The minimum absolute atomic E-state index is 0.0985. The number of rotatable bonds is 51. The molecule has 0 aliphatic carbocycles. The van der Waals surface area contributed by atoms with E-state index in [0.717, 1.165) is 103 Å². The molecular formula is C51H98O17P2. The Hall–Kier alpha value is -1.94. The lowest BCUT2D eigenvalue weighted by Crippen LogP contribution is -2.30. The second-order valence-corrected chi connectivity index (χ2v) is 21.9. The second-order valence-electron chi connectivity index (χ2n) is 19.0. The molecule has 414 valence electrons. The van der Waals surface area contributed by atoms with Gasteiger partial charge in [0.25, 0.3) is 0 Å². The zero-order valence-corrected chi connectivity index (χ0v) is 45.9. The van der Waals surface area contributed by atoms with Gasteiger partial charge in [0.05, 0.1) is 26.4 Å². The van der Waals surface area contributed by atoms with E-state index in [4.69, 9.17) is 37.0 Å². The first-order valence-electron chi connectivity index (χ1n) is 27.1. The molecule has 19 heteroatoms. The summed E-state index contributed by atoms with van der Waals surface area (Å²) in [5.74, 6) is -1.50. The highest BCUT2D eigenvalue weighted by molar-refractivity contribution is 7.47. The minimum atomic E-state index is -4.93. The van der Waals surface area contributed by atoms with Gasteiger partial charge in [-0.25, -0.2) is 9.13 Å². The predicted octanol–water partition coefficient (Wildman–Crippen LogP) is 12.7. The molecule has 2 unspecified atom stereocenters. The molecule has 0 heterocycles. The molecule has 3 N–H and O–H groups in total. The maximum Gasteiger partial charge on any atom is 0.472 e. The maximum atomic E-state index is 12.8. The lowest BCUT2D eigenvalue weighted by Gasteiger charge is -2.21. The van der Waals surface area contributed by atoms with Crippen molar-refractivity contribution >= 4 is 39.5 Å². The average molecular weight is 1050 g/mol. The molecule has 17 nitrogen and oxygen atoms in total. The molecule has 0 spiro atoms. The number of phosphoric ester groups is 2. The van der Waals surface area contributed by atoms with Gasteiger partial charge in [-0.05, 0) is 31.6 Å². The first-order chi connectivity index (χ1) is 33.5. The van der Waals surface area contributed by atoms with Crippen molar-refractivity contribution in [3.05, 3.63) is 0 Å². The van der Waals surface area contributed by atoms with E-state index < -0.39 is 97.5 Å². The molecule has 0 aliphatic rings. The van der Waals surface area contributed by atoms with Crippen molar-refractivity contribution in [1.82, 2.24) is 0 Å². The number of hydrogen-bond donors (Lipinski definition) is 3. The summed E-state index contributed by atoms with van der Waals surface area (Å²) in [4.78, 5) is 71.0. The standard InChI is InChI=1S/C51H98O17P2/c1-6-9-12-15-16-17-18-19-20-27-32-37-51(56)68-47(41-62-49(54)35-30-26-22-21-25-28-33-44(4)5)43-66-70(59,60)64-39-45(52)38-63-69(57,58)65-42-46(67-50(55)36-31-24-14-11-8-3)40-61-48(53)34-29-23-13-10-7-2/h44-47,52H,6-43H2,1-5H3,(H,57,58)(H,59,60)/t45-,46+,47+/m0/s1. The van der Waals surface area contributed by atoms with Crippen molar-refractivity contribution in [2.75, 3.05) is 39.6 Å². The predicted molar refractivity (Wildman–Crippen MR) is 271 cm³/mol. The van der Waals surface area contributed by atoms with Crippen molar-refractivity contribution in [3.63, 3.8) is 0 Å². The normalized spacial score (nSPS) is 14.6. The van der Waals surface area contributed by atoms with Gasteiger partial charge < -0.3 is 33.8 Å². The van der Waals surface area contributed by atoms with Crippen LogP contribution in [-0.2, 0) is 65.4 Å². The highest BCUT2D eigenvalue weighted by atomic mass is 31.2. The van der Waals surface area contributed by atoms with E-state index in [0.29, 0.717) is 31.6 Å². The lowest BCUT2D eigenvalue weighted by molar-refractivity contribution is -0.161. The largest absolute Gasteiger partial charge is 0.472 e. The molecule has 5 atom stereocenters. The van der Waals surface area contributed by atoms with Crippen LogP contribution in [0.15, 0.2) is 0 Å². The van der Waals surface area contributed by atoms with E-state index in [2.05, 4.69) is 34.6 Å². The Balaban J connectivity index is 5.15. The molecule has 0 aromatic carbocycles. The average Bonchev–Trinajstić information content (AvgIpc) is 3.31. The fraction of sp³-hybridized carbons (Fsp3) is 0.922. The van der Waals surface area contributed by atoms with Crippen LogP contribution in [0.3, 0.4) is 0 Å². The van der Waals surface area contributed by atoms with Crippen LogP contribution in [0.1, 0.15) is 240 Å². The summed E-state index contributed by atoms with van der Waals surface area (Å²) in [5.41, 5.74) is 0. The number of aliphatic hydroxyl groups is 1. The van der Waals surface area contributed by atoms with Gasteiger partial charge in [0.15, 0.2) is 12.2 Å². The molecule has 0 bridgehead atoms. The van der Waals surface area contributed by atoms with E-state index in [1.54, 1.807) is 0 Å². The Morgan fingerprint density at radius 1 is 0.386 bits per heavy atom. The fourth-order valence-corrected chi connectivity index (χ4v) is 8.86. The number of carbonyl (C=O) groups excluding carboxylic acids is 4.